The third kappa shape index (κ3) is 1.94. The Balaban J connectivity index is 2.51. The molecule has 0 atom stereocenters. The third-order valence-corrected chi connectivity index (χ3v) is 2.49. The van der Waals surface area contributed by atoms with Crippen molar-refractivity contribution >= 4 is 21.9 Å². The van der Waals surface area contributed by atoms with Crippen molar-refractivity contribution in [1.82, 2.24) is 19.7 Å². The Labute approximate surface area is 99.1 Å². The smallest absolute Gasteiger partial charge is 0.355 e. The van der Waals surface area contributed by atoms with E-state index in [4.69, 9.17) is 5.11 Å². The Hall–Kier alpha value is -1.76. The van der Waals surface area contributed by atoms with E-state index in [9.17, 15) is 4.79 Å². The van der Waals surface area contributed by atoms with Gasteiger partial charge in [0, 0.05) is 19.4 Å². The fraction of sp³-hybridized carbons (Fsp3) is 0.111. The lowest BCUT2D eigenvalue weighted by Gasteiger charge is -2.00. The molecule has 2 aromatic rings. The maximum absolute atomic E-state index is 10.9. The molecule has 1 N–H and O–H groups in total. The molecule has 82 valence electrons. The highest BCUT2D eigenvalue weighted by atomic mass is 79.9. The molecule has 0 saturated carbocycles. The molecule has 0 radical (unpaired) electrons. The average Bonchev–Trinajstić information content (AvgIpc) is 2.65. The zero-order valence-corrected chi connectivity index (χ0v) is 9.84. The molecule has 0 bridgehead atoms. The minimum Gasteiger partial charge on any atom is -0.476 e. The molecule has 6 nitrogen and oxygen atoms in total. The molecular formula is C9H7BrN4O2. The predicted molar refractivity (Wildman–Crippen MR) is 58.9 cm³/mol. The van der Waals surface area contributed by atoms with Gasteiger partial charge in [-0.05, 0) is 15.9 Å². The molecule has 0 saturated heterocycles. The van der Waals surface area contributed by atoms with Crippen LogP contribution in [0.2, 0.25) is 0 Å². The lowest BCUT2D eigenvalue weighted by Crippen LogP contribution is -2.03. The van der Waals surface area contributed by atoms with Crippen LogP contribution in [0.15, 0.2) is 23.1 Å². The molecular weight excluding hydrogens is 276 g/mol. The van der Waals surface area contributed by atoms with Crippen molar-refractivity contribution in [2.75, 3.05) is 0 Å². The van der Waals surface area contributed by atoms with Gasteiger partial charge in [-0.15, -0.1) is 0 Å². The molecule has 2 heterocycles. The summed E-state index contributed by atoms with van der Waals surface area (Å²) in [5.41, 5.74) is 0.617. The number of carboxylic acid groups (broad SMARTS) is 1. The van der Waals surface area contributed by atoms with Crippen molar-refractivity contribution in [2.24, 2.45) is 7.05 Å². The van der Waals surface area contributed by atoms with Gasteiger partial charge < -0.3 is 5.11 Å². The van der Waals surface area contributed by atoms with Gasteiger partial charge in [-0.1, -0.05) is 0 Å². The van der Waals surface area contributed by atoms with Gasteiger partial charge in [-0.3, -0.25) is 4.68 Å². The van der Waals surface area contributed by atoms with Crippen LogP contribution >= 0.6 is 15.9 Å². The third-order valence-electron chi connectivity index (χ3n) is 1.91. The maximum Gasteiger partial charge on any atom is 0.355 e. The highest BCUT2D eigenvalue weighted by Crippen LogP contribution is 2.18. The zero-order valence-electron chi connectivity index (χ0n) is 8.25. The standard InChI is InChI=1S/C9H7BrN4O2/c1-14-4-5(2-12-14)8-11-3-6(10)7(13-8)9(15)16/h2-4H,1H3,(H,15,16). The predicted octanol–water partition coefficient (Wildman–Crippen LogP) is 1.34. The van der Waals surface area contributed by atoms with Gasteiger partial charge in [0.15, 0.2) is 11.5 Å². The van der Waals surface area contributed by atoms with Gasteiger partial charge in [0.2, 0.25) is 0 Å². The lowest BCUT2D eigenvalue weighted by molar-refractivity contribution is 0.0689. The number of aromatic nitrogens is 4. The van der Waals surface area contributed by atoms with Crippen molar-refractivity contribution in [2.45, 2.75) is 0 Å². The molecule has 0 amide bonds. The summed E-state index contributed by atoms with van der Waals surface area (Å²) < 4.78 is 1.95. The van der Waals surface area contributed by atoms with E-state index in [1.165, 1.54) is 6.20 Å². The number of carboxylic acids is 1. The van der Waals surface area contributed by atoms with Crippen LogP contribution < -0.4 is 0 Å². The van der Waals surface area contributed by atoms with Crippen LogP contribution in [0.1, 0.15) is 10.5 Å². The minimum absolute atomic E-state index is 0.0612. The Kier molecular flexibility index (Phi) is 2.69. The SMILES string of the molecule is Cn1cc(-c2ncc(Br)c(C(=O)O)n2)cn1. The normalized spacial score (nSPS) is 10.4. The summed E-state index contributed by atoms with van der Waals surface area (Å²) in [5, 5.41) is 12.9. The van der Waals surface area contributed by atoms with Crippen molar-refractivity contribution in [1.29, 1.82) is 0 Å². The van der Waals surface area contributed by atoms with Gasteiger partial charge in [0.25, 0.3) is 0 Å². The summed E-state index contributed by atoms with van der Waals surface area (Å²) >= 11 is 3.08. The number of hydrogen-bond acceptors (Lipinski definition) is 4. The number of nitrogens with zero attached hydrogens (tertiary/aromatic N) is 4. The zero-order chi connectivity index (χ0) is 11.7. The number of carbonyl (C=O) groups is 1. The van der Waals surface area contributed by atoms with Crippen molar-refractivity contribution in [3.63, 3.8) is 0 Å². The van der Waals surface area contributed by atoms with Gasteiger partial charge in [0.1, 0.15) is 0 Å². The van der Waals surface area contributed by atoms with E-state index in [2.05, 4.69) is 31.0 Å². The maximum atomic E-state index is 10.9. The number of aromatic carboxylic acids is 1. The first-order chi connectivity index (χ1) is 7.58. The summed E-state index contributed by atoms with van der Waals surface area (Å²) in [7, 11) is 1.76. The fourth-order valence-corrected chi connectivity index (χ4v) is 1.55. The molecule has 0 unspecified atom stereocenters. The number of rotatable bonds is 2. The van der Waals surface area contributed by atoms with Gasteiger partial charge in [0.05, 0.1) is 16.2 Å². The first kappa shape index (κ1) is 10.7. The number of hydrogen-bond donors (Lipinski definition) is 1. The summed E-state index contributed by atoms with van der Waals surface area (Å²) in [6.45, 7) is 0. The van der Waals surface area contributed by atoms with E-state index in [-0.39, 0.29) is 5.69 Å². The lowest BCUT2D eigenvalue weighted by atomic mass is 10.3. The van der Waals surface area contributed by atoms with Crippen molar-refractivity contribution in [3.05, 3.63) is 28.8 Å². The highest BCUT2D eigenvalue weighted by molar-refractivity contribution is 9.10. The van der Waals surface area contributed by atoms with Crippen LogP contribution in [0.5, 0.6) is 0 Å². The molecule has 16 heavy (non-hydrogen) atoms. The quantitative estimate of drug-likeness (QED) is 0.899. The van der Waals surface area contributed by atoms with Crippen molar-refractivity contribution < 1.29 is 9.90 Å². The molecule has 0 fully saturated rings. The Morgan fingerprint density at radius 3 is 2.81 bits per heavy atom. The second-order valence-corrected chi connectivity index (χ2v) is 3.95. The topological polar surface area (TPSA) is 80.9 Å². The average molecular weight is 283 g/mol. The molecule has 0 aromatic carbocycles. The van der Waals surface area contributed by atoms with Crippen LogP contribution in [0.3, 0.4) is 0 Å². The van der Waals surface area contributed by atoms with E-state index in [0.29, 0.717) is 15.9 Å². The van der Waals surface area contributed by atoms with E-state index >= 15 is 0 Å². The molecule has 0 aliphatic carbocycles. The Bertz CT molecular complexity index is 552. The second-order valence-electron chi connectivity index (χ2n) is 3.10. The largest absolute Gasteiger partial charge is 0.476 e. The Morgan fingerprint density at radius 1 is 1.50 bits per heavy atom. The fourth-order valence-electron chi connectivity index (χ4n) is 1.19. The van der Waals surface area contributed by atoms with E-state index in [0.717, 1.165) is 0 Å². The molecule has 0 aliphatic rings. The molecule has 0 spiro atoms. The molecule has 2 aromatic heterocycles. The van der Waals surface area contributed by atoms with E-state index in [1.807, 2.05) is 0 Å². The Morgan fingerprint density at radius 2 is 2.25 bits per heavy atom. The van der Waals surface area contributed by atoms with Crippen molar-refractivity contribution in [3.8, 4) is 11.4 Å². The first-order valence-corrected chi connectivity index (χ1v) is 5.12. The highest BCUT2D eigenvalue weighted by Gasteiger charge is 2.13. The van der Waals surface area contributed by atoms with Crippen LogP contribution in [0, 0.1) is 0 Å². The monoisotopic (exact) mass is 282 g/mol. The molecule has 7 heteroatoms. The first-order valence-electron chi connectivity index (χ1n) is 4.33. The second kappa shape index (κ2) is 4.01. The van der Waals surface area contributed by atoms with Gasteiger partial charge in [-0.25, -0.2) is 14.8 Å². The van der Waals surface area contributed by atoms with Crippen LogP contribution in [-0.2, 0) is 7.05 Å². The van der Waals surface area contributed by atoms with Crippen LogP contribution in [0.4, 0.5) is 0 Å². The summed E-state index contributed by atoms with van der Waals surface area (Å²) in [6.07, 6.45) is 4.71. The summed E-state index contributed by atoms with van der Waals surface area (Å²) in [5.74, 6) is -0.756. The van der Waals surface area contributed by atoms with Crippen LogP contribution in [0.25, 0.3) is 11.4 Å². The van der Waals surface area contributed by atoms with Gasteiger partial charge >= 0.3 is 5.97 Å². The minimum atomic E-state index is -1.10. The van der Waals surface area contributed by atoms with E-state index < -0.39 is 5.97 Å². The number of halogens is 1. The summed E-state index contributed by atoms with van der Waals surface area (Å²) in [6, 6.07) is 0. The molecule has 0 aliphatic heterocycles. The van der Waals surface area contributed by atoms with E-state index in [1.54, 1.807) is 24.1 Å². The summed E-state index contributed by atoms with van der Waals surface area (Å²) in [4.78, 5) is 18.8. The molecule has 2 rings (SSSR count). The van der Waals surface area contributed by atoms with Crippen LogP contribution in [-0.4, -0.2) is 30.8 Å². The number of aryl methyl sites for hydroxylation is 1. The van der Waals surface area contributed by atoms with Gasteiger partial charge in [-0.2, -0.15) is 5.10 Å².